The van der Waals surface area contributed by atoms with E-state index in [-0.39, 0.29) is 55.6 Å². The first-order valence-corrected chi connectivity index (χ1v) is 22.3. The molecule has 64 heavy (non-hydrogen) atoms. The number of alkyl halides is 2. The molecule has 0 unspecified atom stereocenters. The molecule has 0 radical (unpaired) electrons. The van der Waals surface area contributed by atoms with Crippen molar-refractivity contribution in [3.63, 3.8) is 0 Å². The maximum Gasteiger partial charge on any atom is 0.328 e. The molecule has 10 rings (SSSR count). The number of nitrogens with one attached hydrogen (secondary N) is 1. The van der Waals surface area contributed by atoms with Crippen molar-refractivity contribution in [1.82, 2.24) is 34.9 Å². The number of nitrogen functional groups attached to an aromatic ring is 1. The van der Waals surface area contributed by atoms with E-state index in [0.29, 0.717) is 73.4 Å². The number of nitrogens with zero attached hydrogens (tertiary/aromatic N) is 8. The van der Waals surface area contributed by atoms with Crippen molar-refractivity contribution in [2.75, 3.05) is 74.5 Å². The standard InChI is InChI=1S/C47H52F2N10O5/c1-28-20-30(8-9-34(28)41-26-56(18-19-64-41)39-22-38(53-54-43(39)50)35-4-2-3-5-40(35)60)45(62)57-16-10-31(47(48,49)27-57)24-55-14-11-32(12-15-55)59-25-37(29-6-7-29)36-21-33(23-51-44(36)59)58-17-13-42(61)52-46(58)63/h2-5,8-9,20-23,25,29,31-32,41,60H,6-7,10-19,24,26-27H2,1H3,(H2,50,54)(H,52,61,63)/t31-,41+/m0/s1. The number of urea groups is 1. The zero-order chi connectivity index (χ0) is 44.3. The molecule has 1 saturated carbocycles. The predicted octanol–water partition coefficient (Wildman–Crippen LogP) is 6.43. The molecule has 7 heterocycles. The molecule has 5 fully saturated rings. The number of benzene rings is 2. The van der Waals surface area contributed by atoms with Gasteiger partial charge in [-0.3, -0.25) is 19.8 Å². The monoisotopic (exact) mass is 874 g/mol. The van der Waals surface area contributed by atoms with E-state index in [0.717, 1.165) is 47.8 Å². The van der Waals surface area contributed by atoms with Gasteiger partial charge in [-0.2, -0.15) is 0 Å². The Bertz CT molecular complexity index is 2630. The minimum absolute atomic E-state index is 0.0897. The first kappa shape index (κ1) is 41.8. The summed E-state index contributed by atoms with van der Waals surface area (Å²) in [7, 11) is 0. The molecule has 0 spiro atoms. The first-order chi connectivity index (χ1) is 30.9. The number of nitrogens with two attached hydrogens (primary N) is 1. The third kappa shape index (κ3) is 8.10. The number of piperidine rings is 2. The highest BCUT2D eigenvalue weighted by molar-refractivity contribution is 6.06. The molecular weight excluding hydrogens is 823 g/mol. The van der Waals surface area contributed by atoms with Crippen LogP contribution in [0.15, 0.2) is 67.0 Å². The van der Waals surface area contributed by atoms with Crippen molar-refractivity contribution in [1.29, 1.82) is 0 Å². The lowest BCUT2D eigenvalue weighted by molar-refractivity contribution is -0.120. The van der Waals surface area contributed by atoms with Crippen molar-refractivity contribution >= 4 is 46.1 Å². The second kappa shape index (κ2) is 16.7. The molecule has 334 valence electrons. The number of rotatable bonds is 9. The SMILES string of the molecule is Cc1cc(C(=O)N2CC[C@@H](CN3CCC(n4cc(C5CC5)c5cc(N6CCC(=O)NC6=O)cnc54)CC3)C(F)(F)C2)ccc1[C@H]1CN(c2cc(-c3ccccc3O)nnc2N)CCO1. The molecule has 4 amide bonds. The number of ether oxygens (including phenoxy) is 1. The average Bonchev–Trinajstić information content (AvgIpc) is 4.07. The molecule has 4 aliphatic heterocycles. The van der Waals surface area contributed by atoms with Gasteiger partial charge in [0.2, 0.25) is 5.91 Å². The smallest absolute Gasteiger partial charge is 0.328 e. The van der Waals surface area contributed by atoms with Crippen LogP contribution in [0.25, 0.3) is 22.3 Å². The van der Waals surface area contributed by atoms with Gasteiger partial charge in [0.1, 0.15) is 17.5 Å². The molecule has 15 nitrogen and oxygen atoms in total. The van der Waals surface area contributed by atoms with Crippen LogP contribution in [-0.2, 0) is 9.53 Å². The fraction of sp³-hybridized carbons (Fsp3) is 0.447. The minimum Gasteiger partial charge on any atom is -0.507 e. The maximum atomic E-state index is 16.0. The summed E-state index contributed by atoms with van der Waals surface area (Å²) in [5.74, 6) is -3.79. The number of halogens is 2. The van der Waals surface area contributed by atoms with E-state index in [2.05, 4.69) is 36.1 Å². The van der Waals surface area contributed by atoms with Gasteiger partial charge in [-0.15, -0.1) is 10.2 Å². The predicted molar refractivity (Wildman–Crippen MR) is 237 cm³/mol. The molecule has 1 aliphatic carbocycles. The highest BCUT2D eigenvalue weighted by atomic mass is 19.3. The minimum atomic E-state index is -3.04. The van der Waals surface area contributed by atoms with E-state index in [1.54, 1.807) is 41.4 Å². The number of phenolic OH excluding ortho intramolecular Hbond substituents is 1. The number of hydrogen-bond donors (Lipinski definition) is 3. The molecule has 5 aromatic rings. The summed E-state index contributed by atoms with van der Waals surface area (Å²) < 4.78 is 40.4. The third-order valence-electron chi connectivity index (χ3n) is 13.8. The summed E-state index contributed by atoms with van der Waals surface area (Å²) in [5.41, 5.74) is 12.8. The van der Waals surface area contributed by atoms with Gasteiger partial charge in [-0.05, 0) is 98.0 Å². The fourth-order valence-electron chi connectivity index (χ4n) is 10.1. The number of imide groups is 1. The van der Waals surface area contributed by atoms with Crippen LogP contribution in [0.5, 0.6) is 5.75 Å². The number of pyridine rings is 1. The van der Waals surface area contributed by atoms with Gasteiger partial charge in [0.15, 0.2) is 5.82 Å². The molecular formula is C47H52F2N10O5. The first-order valence-electron chi connectivity index (χ1n) is 22.3. The zero-order valence-corrected chi connectivity index (χ0v) is 35.8. The van der Waals surface area contributed by atoms with E-state index in [1.807, 2.05) is 31.2 Å². The van der Waals surface area contributed by atoms with E-state index < -0.39 is 30.3 Å². The number of para-hydroxylation sites is 1. The Morgan fingerprint density at radius 1 is 0.969 bits per heavy atom. The van der Waals surface area contributed by atoms with Crippen LogP contribution in [-0.4, -0.2) is 117 Å². The van der Waals surface area contributed by atoms with Crippen LogP contribution in [0.3, 0.4) is 0 Å². The number of likely N-dealkylation sites (tertiary alicyclic amines) is 2. The molecule has 5 aliphatic rings. The Balaban J connectivity index is 0.752. The van der Waals surface area contributed by atoms with Crippen molar-refractivity contribution in [2.24, 2.45) is 5.92 Å². The number of anilines is 3. The van der Waals surface area contributed by atoms with Gasteiger partial charge in [0.05, 0.1) is 36.4 Å². The number of carbonyl (C=O) groups is 3. The number of aryl methyl sites for hydroxylation is 1. The van der Waals surface area contributed by atoms with Crippen molar-refractivity contribution in [3.8, 4) is 17.0 Å². The lowest BCUT2D eigenvalue weighted by Crippen LogP contribution is -2.54. The normalized spacial score (nSPS) is 22.3. The second-order valence-electron chi connectivity index (χ2n) is 18.0. The Morgan fingerprint density at radius 2 is 1.78 bits per heavy atom. The van der Waals surface area contributed by atoms with Crippen LogP contribution in [0.4, 0.5) is 30.8 Å². The molecule has 2 aromatic carbocycles. The number of amides is 4. The molecule has 3 aromatic heterocycles. The third-order valence-corrected chi connectivity index (χ3v) is 13.8. The van der Waals surface area contributed by atoms with Gasteiger partial charge in [0, 0.05) is 86.9 Å². The highest BCUT2D eigenvalue weighted by Gasteiger charge is 2.47. The number of aromatic nitrogens is 4. The van der Waals surface area contributed by atoms with Crippen LogP contribution in [0, 0.1) is 12.8 Å². The summed E-state index contributed by atoms with van der Waals surface area (Å²) in [4.78, 5) is 50.0. The van der Waals surface area contributed by atoms with Crippen molar-refractivity contribution in [2.45, 2.75) is 69.4 Å². The van der Waals surface area contributed by atoms with Gasteiger partial charge < -0.3 is 34.8 Å². The number of aromatic hydroxyl groups is 1. The Morgan fingerprint density at radius 3 is 2.53 bits per heavy atom. The Labute approximate surface area is 369 Å². The summed E-state index contributed by atoms with van der Waals surface area (Å²) in [5, 5.41) is 22.2. The van der Waals surface area contributed by atoms with Gasteiger partial charge in [-0.1, -0.05) is 18.2 Å². The molecule has 2 atom stereocenters. The van der Waals surface area contributed by atoms with Crippen LogP contribution in [0.2, 0.25) is 0 Å². The van der Waals surface area contributed by atoms with E-state index in [1.165, 1.54) is 10.5 Å². The van der Waals surface area contributed by atoms with Gasteiger partial charge in [-0.25, -0.2) is 18.6 Å². The number of hydrogen-bond acceptors (Lipinski definition) is 11. The lowest BCUT2D eigenvalue weighted by atomic mass is 9.90. The number of fused-ring (bicyclic) bond motifs is 1. The van der Waals surface area contributed by atoms with Gasteiger partial charge in [0.25, 0.3) is 11.8 Å². The van der Waals surface area contributed by atoms with Crippen LogP contribution < -0.4 is 20.9 Å². The lowest BCUT2D eigenvalue weighted by Gasteiger charge is -2.42. The van der Waals surface area contributed by atoms with Crippen LogP contribution >= 0.6 is 0 Å². The summed E-state index contributed by atoms with van der Waals surface area (Å²) in [6.07, 6.45) is 7.82. The number of carbonyl (C=O) groups excluding carboxylic acids is 3. The van der Waals surface area contributed by atoms with E-state index >= 15 is 8.78 Å². The second-order valence-corrected chi connectivity index (χ2v) is 18.0. The maximum absolute atomic E-state index is 16.0. The fourth-order valence-corrected chi connectivity index (χ4v) is 10.1. The largest absolute Gasteiger partial charge is 0.507 e. The Kier molecular flexibility index (Phi) is 10.9. The molecule has 4 N–H and O–H groups in total. The summed E-state index contributed by atoms with van der Waals surface area (Å²) in [6.45, 7) is 4.90. The molecule has 17 heteroatoms. The van der Waals surface area contributed by atoms with E-state index in [9.17, 15) is 19.5 Å². The number of morpholine rings is 1. The average molecular weight is 875 g/mol. The van der Waals surface area contributed by atoms with Crippen molar-refractivity contribution in [3.05, 3.63) is 89.2 Å². The van der Waals surface area contributed by atoms with Crippen molar-refractivity contribution < 1.29 is 33.0 Å². The number of phenols is 1. The topological polar surface area (TPSA) is 175 Å². The summed E-state index contributed by atoms with van der Waals surface area (Å²) in [6, 6.07) is 15.8. The zero-order valence-electron chi connectivity index (χ0n) is 35.8. The Hall–Kier alpha value is -6.20. The summed E-state index contributed by atoms with van der Waals surface area (Å²) >= 11 is 0. The quantitative estimate of drug-likeness (QED) is 0.149. The van der Waals surface area contributed by atoms with Crippen LogP contribution in [0.1, 0.15) is 83.6 Å². The molecule has 0 bridgehead atoms. The molecule has 4 saturated heterocycles. The van der Waals surface area contributed by atoms with E-state index in [4.69, 9.17) is 15.5 Å². The highest BCUT2D eigenvalue weighted by Crippen LogP contribution is 2.46. The van der Waals surface area contributed by atoms with Gasteiger partial charge >= 0.3 is 6.03 Å².